The van der Waals surface area contributed by atoms with E-state index in [1.165, 1.54) is 21.9 Å². The molecule has 2 aromatic rings. The molecule has 21 heavy (non-hydrogen) atoms. The molecule has 6 nitrogen and oxygen atoms in total. The van der Waals surface area contributed by atoms with Crippen LogP contribution in [0.1, 0.15) is 42.5 Å². The quantitative estimate of drug-likeness (QED) is 0.816. The van der Waals surface area contributed by atoms with E-state index in [9.17, 15) is 14.7 Å². The fourth-order valence-electron chi connectivity index (χ4n) is 2.68. The minimum absolute atomic E-state index is 0.0161. The van der Waals surface area contributed by atoms with Gasteiger partial charge in [0.15, 0.2) is 4.96 Å². The average Bonchev–Trinajstić information content (AvgIpc) is 2.86. The normalized spacial score (nSPS) is 22.9. The molecule has 2 heterocycles. The summed E-state index contributed by atoms with van der Waals surface area (Å²) < 4.78 is 1.36. The average molecular weight is 307 g/mol. The second-order valence-corrected chi connectivity index (χ2v) is 6.19. The van der Waals surface area contributed by atoms with E-state index >= 15 is 0 Å². The van der Waals surface area contributed by atoms with Crippen LogP contribution in [-0.4, -0.2) is 32.5 Å². The zero-order valence-electron chi connectivity index (χ0n) is 11.5. The summed E-state index contributed by atoms with van der Waals surface area (Å²) in [5.41, 5.74) is -0.357. The topological polar surface area (TPSA) is 83.7 Å². The van der Waals surface area contributed by atoms with E-state index in [0.717, 1.165) is 25.7 Å². The number of fused-ring (bicyclic) bond motifs is 1. The minimum atomic E-state index is -0.544. The number of nitrogens with one attached hydrogen (secondary N) is 1. The molecular formula is C14H17N3O3S. The van der Waals surface area contributed by atoms with Crippen LogP contribution in [0.3, 0.4) is 0 Å². The zero-order valence-corrected chi connectivity index (χ0v) is 12.3. The number of nitrogens with zero attached hydrogens (tertiary/aromatic N) is 2. The highest BCUT2D eigenvalue weighted by atomic mass is 32.1. The lowest BCUT2D eigenvalue weighted by atomic mass is 10.1. The third kappa shape index (κ3) is 2.84. The molecule has 2 atom stereocenters. The molecule has 2 N–H and O–H groups in total. The molecule has 0 aromatic carbocycles. The Balaban J connectivity index is 1.83. The van der Waals surface area contributed by atoms with Crippen LogP contribution in [0.2, 0.25) is 0 Å². The first-order valence-electron chi connectivity index (χ1n) is 7.10. The van der Waals surface area contributed by atoms with Crippen molar-refractivity contribution in [3.63, 3.8) is 0 Å². The summed E-state index contributed by atoms with van der Waals surface area (Å²) in [6.07, 6.45) is 6.81. The maximum Gasteiger partial charge on any atom is 0.271 e. The predicted molar refractivity (Wildman–Crippen MR) is 79.7 cm³/mol. The number of aliphatic hydroxyl groups is 1. The number of hydrogen-bond acceptors (Lipinski definition) is 5. The first-order chi connectivity index (χ1) is 10.2. The Morgan fingerprint density at radius 2 is 2.19 bits per heavy atom. The molecule has 2 unspecified atom stereocenters. The van der Waals surface area contributed by atoms with Gasteiger partial charge in [0.05, 0.1) is 12.1 Å². The highest BCUT2D eigenvalue weighted by Gasteiger charge is 2.25. The van der Waals surface area contributed by atoms with Gasteiger partial charge in [0.2, 0.25) is 0 Å². The number of hydrogen-bond donors (Lipinski definition) is 2. The third-order valence-electron chi connectivity index (χ3n) is 3.88. The van der Waals surface area contributed by atoms with Gasteiger partial charge in [-0.15, -0.1) is 11.3 Å². The van der Waals surface area contributed by atoms with Crippen LogP contribution in [0.4, 0.5) is 0 Å². The van der Waals surface area contributed by atoms with E-state index in [2.05, 4.69) is 10.3 Å². The van der Waals surface area contributed by atoms with E-state index in [-0.39, 0.29) is 17.2 Å². The van der Waals surface area contributed by atoms with E-state index in [4.69, 9.17) is 0 Å². The van der Waals surface area contributed by atoms with Crippen LogP contribution in [-0.2, 0) is 0 Å². The Morgan fingerprint density at radius 1 is 1.38 bits per heavy atom. The molecule has 1 aliphatic carbocycles. The number of aliphatic hydroxyl groups excluding tert-OH is 1. The maximum atomic E-state index is 12.3. The number of carbonyl (C=O) groups is 1. The Kier molecular flexibility index (Phi) is 4.03. The van der Waals surface area contributed by atoms with Gasteiger partial charge in [-0.25, -0.2) is 4.98 Å². The molecule has 1 aliphatic rings. The maximum absolute atomic E-state index is 12.3. The molecular weight excluding hydrogens is 290 g/mol. The van der Waals surface area contributed by atoms with Gasteiger partial charge in [0.25, 0.3) is 11.5 Å². The SMILES string of the molecule is O=C(NC1CCCCCC1O)c1cnc2sccn2c1=O. The molecule has 3 rings (SSSR count). The van der Waals surface area contributed by atoms with Gasteiger partial charge >= 0.3 is 0 Å². The van der Waals surface area contributed by atoms with Crippen molar-refractivity contribution in [3.8, 4) is 0 Å². The minimum Gasteiger partial charge on any atom is -0.391 e. The van der Waals surface area contributed by atoms with Crippen LogP contribution < -0.4 is 10.9 Å². The van der Waals surface area contributed by atoms with Gasteiger partial charge in [-0.2, -0.15) is 0 Å². The molecule has 2 aromatic heterocycles. The molecule has 0 saturated heterocycles. The van der Waals surface area contributed by atoms with Crippen molar-refractivity contribution >= 4 is 22.2 Å². The lowest BCUT2D eigenvalue weighted by Gasteiger charge is -2.21. The van der Waals surface area contributed by atoms with Crippen LogP contribution in [0.5, 0.6) is 0 Å². The van der Waals surface area contributed by atoms with Crippen molar-refractivity contribution in [2.75, 3.05) is 0 Å². The van der Waals surface area contributed by atoms with Gasteiger partial charge in [-0.3, -0.25) is 14.0 Å². The summed E-state index contributed by atoms with van der Waals surface area (Å²) in [4.78, 5) is 29.2. The Morgan fingerprint density at radius 3 is 3.05 bits per heavy atom. The van der Waals surface area contributed by atoms with Crippen molar-refractivity contribution in [2.24, 2.45) is 0 Å². The molecule has 0 bridgehead atoms. The molecule has 7 heteroatoms. The molecule has 0 aliphatic heterocycles. The molecule has 0 radical (unpaired) electrons. The van der Waals surface area contributed by atoms with Gasteiger partial charge in [0.1, 0.15) is 5.56 Å². The van der Waals surface area contributed by atoms with Crippen LogP contribution >= 0.6 is 11.3 Å². The van der Waals surface area contributed by atoms with Gasteiger partial charge in [-0.05, 0) is 12.8 Å². The second kappa shape index (κ2) is 5.95. The van der Waals surface area contributed by atoms with Crippen molar-refractivity contribution in [3.05, 3.63) is 33.7 Å². The Labute approximate surface area is 125 Å². The van der Waals surface area contributed by atoms with Gasteiger partial charge < -0.3 is 10.4 Å². The van der Waals surface area contributed by atoms with Crippen LogP contribution in [0.25, 0.3) is 4.96 Å². The second-order valence-electron chi connectivity index (χ2n) is 5.32. The Hall–Kier alpha value is -1.73. The summed E-state index contributed by atoms with van der Waals surface area (Å²) in [5.74, 6) is -0.459. The fraction of sp³-hybridized carbons (Fsp3) is 0.500. The third-order valence-corrected chi connectivity index (χ3v) is 4.65. The zero-order chi connectivity index (χ0) is 14.8. The summed E-state index contributed by atoms with van der Waals surface area (Å²) in [7, 11) is 0. The van der Waals surface area contributed by atoms with Crippen molar-refractivity contribution in [2.45, 2.75) is 44.2 Å². The summed E-state index contributed by atoms with van der Waals surface area (Å²) >= 11 is 1.34. The largest absolute Gasteiger partial charge is 0.391 e. The van der Waals surface area contributed by atoms with Crippen molar-refractivity contribution in [1.29, 1.82) is 0 Å². The smallest absolute Gasteiger partial charge is 0.271 e. The molecule has 1 fully saturated rings. The first kappa shape index (κ1) is 14.2. The highest BCUT2D eigenvalue weighted by molar-refractivity contribution is 7.15. The van der Waals surface area contributed by atoms with E-state index < -0.39 is 12.0 Å². The van der Waals surface area contributed by atoms with Crippen molar-refractivity contribution in [1.82, 2.24) is 14.7 Å². The fourth-order valence-corrected chi connectivity index (χ4v) is 3.36. The highest BCUT2D eigenvalue weighted by Crippen LogP contribution is 2.18. The lowest BCUT2D eigenvalue weighted by molar-refractivity contribution is 0.0817. The van der Waals surface area contributed by atoms with Gasteiger partial charge in [-0.1, -0.05) is 19.3 Å². The monoisotopic (exact) mass is 307 g/mol. The summed E-state index contributed by atoms with van der Waals surface area (Å²) in [6.45, 7) is 0. The van der Waals surface area contributed by atoms with E-state index in [1.54, 1.807) is 11.6 Å². The van der Waals surface area contributed by atoms with Gasteiger partial charge in [0, 0.05) is 17.8 Å². The standard InChI is InChI=1S/C14H17N3O3S/c18-11-5-3-1-2-4-10(11)16-12(19)9-8-15-14-17(13(9)20)6-7-21-14/h6-8,10-11,18H,1-5H2,(H,16,19). The molecule has 112 valence electrons. The Bertz CT molecular complexity index is 709. The van der Waals surface area contributed by atoms with Crippen molar-refractivity contribution < 1.29 is 9.90 Å². The number of rotatable bonds is 2. The predicted octanol–water partition coefficient (Wildman–Crippen LogP) is 1.18. The van der Waals surface area contributed by atoms with E-state index in [0.29, 0.717) is 11.4 Å². The molecule has 0 spiro atoms. The number of aromatic nitrogens is 2. The van der Waals surface area contributed by atoms with Crippen LogP contribution in [0.15, 0.2) is 22.6 Å². The number of carbonyl (C=O) groups excluding carboxylic acids is 1. The van der Waals surface area contributed by atoms with Crippen LogP contribution in [0, 0.1) is 0 Å². The first-order valence-corrected chi connectivity index (χ1v) is 7.98. The lowest BCUT2D eigenvalue weighted by Crippen LogP contribution is -2.44. The van der Waals surface area contributed by atoms with E-state index in [1.807, 2.05) is 0 Å². The molecule has 1 amide bonds. The summed E-state index contributed by atoms with van der Waals surface area (Å²) in [6, 6.07) is -0.289. The summed E-state index contributed by atoms with van der Waals surface area (Å²) in [5, 5.41) is 14.6. The number of thiazole rings is 1. The number of amides is 1. The molecule has 1 saturated carbocycles.